The van der Waals surface area contributed by atoms with Crippen molar-refractivity contribution in [3.63, 3.8) is 0 Å². The molecule has 0 saturated carbocycles. The SMILES string of the molecule is CCN(c1cccc([SH](=O)=O)c1)c1nc(Cl)nc(Nc2cc(S(=O)(=O)O)cc3cc(S(=O)(=O)O)cc(O)c23)n1. The van der Waals surface area contributed by atoms with Gasteiger partial charge in [0, 0.05) is 23.7 Å². The fraction of sp³-hybridized carbons (Fsp3) is 0.0952. The molecule has 206 valence electrons. The third-order valence-corrected chi connectivity index (χ3v) is 7.86. The van der Waals surface area contributed by atoms with Crippen LogP contribution in [0, 0.1) is 0 Å². The van der Waals surface area contributed by atoms with Gasteiger partial charge >= 0.3 is 0 Å². The van der Waals surface area contributed by atoms with E-state index in [1.165, 1.54) is 23.1 Å². The van der Waals surface area contributed by atoms with Gasteiger partial charge in [-0.05, 0) is 60.3 Å². The molecule has 1 heterocycles. The Morgan fingerprint density at radius 1 is 0.949 bits per heavy atom. The van der Waals surface area contributed by atoms with Crippen LogP contribution >= 0.6 is 11.6 Å². The summed E-state index contributed by atoms with van der Waals surface area (Å²) in [4.78, 5) is 12.4. The van der Waals surface area contributed by atoms with E-state index in [1.54, 1.807) is 13.0 Å². The summed E-state index contributed by atoms with van der Waals surface area (Å²) >= 11 is 6.11. The Kier molecular flexibility index (Phi) is 7.66. The van der Waals surface area contributed by atoms with E-state index in [-0.39, 0.29) is 45.1 Å². The summed E-state index contributed by atoms with van der Waals surface area (Å²) in [7, 11) is -12.5. The zero-order chi connectivity index (χ0) is 28.7. The molecule has 0 atom stereocenters. The minimum atomic E-state index is -4.82. The van der Waals surface area contributed by atoms with E-state index in [9.17, 15) is 39.5 Å². The van der Waals surface area contributed by atoms with Crippen molar-refractivity contribution in [3.8, 4) is 5.75 Å². The number of aromatic hydroxyl groups is 1. The molecule has 0 spiro atoms. The Hall–Kier alpha value is -3.61. The van der Waals surface area contributed by atoms with E-state index < -0.39 is 46.5 Å². The summed E-state index contributed by atoms with van der Waals surface area (Å²) in [5.74, 6) is -0.934. The maximum absolute atomic E-state index is 11.9. The van der Waals surface area contributed by atoms with Crippen LogP contribution < -0.4 is 10.2 Å². The van der Waals surface area contributed by atoms with Crippen molar-refractivity contribution in [2.24, 2.45) is 0 Å². The number of hydrogen-bond donors (Lipinski definition) is 5. The van der Waals surface area contributed by atoms with E-state index in [0.717, 1.165) is 24.3 Å². The van der Waals surface area contributed by atoms with Crippen LogP contribution in [0.1, 0.15) is 6.92 Å². The molecule has 14 nitrogen and oxygen atoms in total. The largest absolute Gasteiger partial charge is 0.507 e. The van der Waals surface area contributed by atoms with Crippen molar-refractivity contribution in [3.05, 3.63) is 53.8 Å². The van der Waals surface area contributed by atoms with Crippen LogP contribution in [0.25, 0.3) is 10.8 Å². The fourth-order valence-electron chi connectivity index (χ4n) is 3.69. The lowest BCUT2D eigenvalue weighted by Gasteiger charge is -2.21. The molecule has 0 saturated heterocycles. The Morgan fingerprint density at radius 3 is 2.18 bits per heavy atom. The number of hydrogen-bond acceptors (Lipinski definition) is 12. The molecule has 0 aliphatic heterocycles. The van der Waals surface area contributed by atoms with Gasteiger partial charge in [-0.15, -0.1) is 0 Å². The molecule has 3 aromatic carbocycles. The van der Waals surface area contributed by atoms with Crippen molar-refractivity contribution in [2.75, 3.05) is 16.8 Å². The average Bonchev–Trinajstić information content (AvgIpc) is 2.83. The number of fused-ring (bicyclic) bond motifs is 1. The zero-order valence-electron chi connectivity index (χ0n) is 19.5. The molecule has 0 fully saturated rings. The van der Waals surface area contributed by atoms with Crippen molar-refractivity contribution in [2.45, 2.75) is 21.6 Å². The molecular weight excluding hydrogens is 598 g/mol. The molecule has 39 heavy (non-hydrogen) atoms. The van der Waals surface area contributed by atoms with E-state index in [1.807, 2.05) is 0 Å². The topological polar surface area (TPSA) is 217 Å². The molecule has 4 aromatic rings. The second-order valence-electron chi connectivity index (χ2n) is 7.84. The van der Waals surface area contributed by atoms with Gasteiger partial charge in [0.1, 0.15) is 5.75 Å². The third kappa shape index (κ3) is 6.18. The van der Waals surface area contributed by atoms with Crippen molar-refractivity contribution < 1.29 is 39.5 Å². The van der Waals surface area contributed by atoms with Gasteiger partial charge in [-0.2, -0.15) is 31.8 Å². The molecule has 0 bridgehead atoms. The van der Waals surface area contributed by atoms with Crippen LogP contribution in [0.15, 0.2) is 63.2 Å². The third-order valence-electron chi connectivity index (χ3n) is 5.32. The van der Waals surface area contributed by atoms with Gasteiger partial charge in [0.25, 0.3) is 20.2 Å². The lowest BCUT2D eigenvalue weighted by Crippen LogP contribution is -2.20. The molecule has 1 aromatic heterocycles. The summed E-state index contributed by atoms with van der Waals surface area (Å²) in [5.41, 5.74) is 0.234. The monoisotopic (exact) mass is 615 g/mol. The molecule has 0 aliphatic rings. The summed E-state index contributed by atoms with van der Waals surface area (Å²) in [6.45, 7) is 2.00. The lowest BCUT2D eigenvalue weighted by atomic mass is 10.1. The van der Waals surface area contributed by atoms with Crippen LogP contribution in [0.5, 0.6) is 5.75 Å². The molecule has 0 radical (unpaired) electrons. The highest BCUT2D eigenvalue weighted by Crippen LogP contribution is 2.38. The Morgan fingerprint density at radius 2 is 1.59 bits per heavy atom. The highest BCUT2D eigenvalue weighted by molar-refractivity contribution is 7.86. The van der Waals surface area contributed by atoms with Crippen LogP contribution in [0.3, 0.4) is 0 Å². The second-order valence-corrected chi connectivity index (χ2v) is 12.0. The van der Waals surface area contributed by atoms with Crippen molar-refractivity contribution in [1.29, 1.82) is 0 Å². The number of rotatable bonds is 8. The maximum atomic E-state index is 11.9. The first kappa shape index (κ1) is 28.4. The van der Waals surface area contributed by atoms with Crippen LogP contribution in [-0.4, -0.2) is 61.0 Å². The van der Waals surface area contributed by atoms with Gasteiger partial charge in [0.2, 0.25) is 17.2 Å². The number of nitrogens with one attached hydrogen (secondary N) is 1. The van der Waals surface area contributed by atoms with Gasteiger partial charge < -0.3 is 15.3 Å². The maximum Gasteiger partial charge on any atom is 0.294 e. The number of phenols is 1. The second kappa shape index (κ2) is 10.5. The predicted octanol–water partition coefficient (Wildman–Crippen LogP) is 2.75. The lowest BCUT2D eigenvalue weighted by molar-refractivity contribution is 0.471. The first-order valence-corrected chi connectivity index (χ1v) is 15.1. The molecule has 4 rings (SSSR count). The highest BCUT2D eigenvalue weighted by Gasteiger charge is 2.21. The summed E-state index contributed by atoms with van der Waals surface area (Å²) in [6.07, 6.45) is 0. The van der Waals surface area contributed by atoms with Gasteiger partial charge in [0.15, 0.2) is 10.7 Å². The van der Waals surface area contributed by atoms with E-state index >= 15 is 0 Å². The number of thiol groups is 1. The first-order valence-electron chi connectivity index (χ1n) is 10.6. The fourth-order valence-corrected chi connectivity index (χ4v) is 5.37. The van der Waals surface area contributed by atoms with E-state index in [4.69, 9.17) is 11.6 Å². The van der Waals surface area contributed by atoms with E-state index in [2.05, 4.69) is 20.3 Å². The smallest absolute Gasteiger partial charge is 0.294 e. The Balaban J connectivity index is 1.88. The standard InChI is InChI=1S/C21H18ClN5O9S3/c1-2-27(12-4-3-5-13(8-12)37(29)30)21-25-19(22)24-20(26-21)23-16-9-14(38(31,32)33)6-11-7-15(39(34,35)36)10-17(28)18(11)16/h3-10,28,37H,2H2,1H3,(H,31,32,33)(H,34,35,36)(H,23,24,25,26). The minimum Gasteiger partial charge on any atom is -0.507 e. The quantitative estimate of drug-likeness (QED) is 0.142. The average molecular weight is 616 g/mol. The van der Waals surface area contributed by atoms with Crippen LogP contribution in [0.2, 0.25) is 5.28 Å². The van der Waals surface area contributed by atoms with Crippen molar-refractivity contribution >= 4 is 76.6 Å². The van der Waals surface area contributed by atoms with Crippen LogP contribution in [0.4, 0.5) is 23.3 Å². The summed E-state index contributed by atoms with van der Waals surface area (Å²) < 4.78 is 88.9. The van der Waals surface area contributed by atoms with Crippen LogP contribution in [-0.2, 0) is 30.9 Å². The zero-order valence-corrected chi connectivity index (χ0v) is 22.8. The minimum absolute atomic E-state index is 0.0219. The summed E-state index contributed by atoms with van der Waals surface area (Å²) in [6, 6.07) is 9.41. The molecule has 0 amide bonds. The molecule has 0 unspecified atom stereocenters. The van der Waals surface area contributed by atoms with Gasteiger partial charge in [-0.25, -0.2) is 8.42 Å². The number of benzene rings is 3. The molecular formula is C21H18ClN5O9S3. The Bertz CT molecular complexity index is 1900. The van der Waals surface area contributed by atoms with Gasteiger partial charge in [-0.3, -0.25) is 9.11 Å². The molecule has 18 heteroatoms. The summed E-state index contributed by atoms with van der Waals surface area (Å²) in [5, 5.41) is 12.6. The highest BCUT2D eigenvalue weighted by atomic mass is 35.5. The molecule has 0 aliphatic carbocycles. The van der Waals surface area contributed by atoms with Gasteiger partial charge in [-0.1, -0.05) is 6.07 Å². The molecule has 4 N–H and O–H groups in total. The number of nitrogens with zero attached hydrogens (tertiary/aromatic N) is 4. The number of anilines is 4. The number of phenolic OH excluding ortho intramolecular Hbond substituents is 1. The predicted molar refractivity (Wildman–Crippen MR) is 141 cm³/mol. The Labute approximate surface area is 228 Å². The van der Waals surface area contributed by atoms with Crippen molar-refractivity contribution in [1.82, 2.24) is 15.0 Å². The number of halogens is 1. The van der Waals surface area contributed by atoms with Gasteiger partial charge in [0.05, 0.1) is 20.4 Å². The number of aromatic nitrogens is 3. The van der Waals surface area contributed by atoms with E-state index in [0.29, 0.717) is 5.69 Å². The first-order chi connectivity index (χ1) is 18.2. The normalized spacial score (nSPS) is 12.1.